The van der Waals surface area contributed by atoms with Crippen molar-refractivity contribution in [3.8, 4) is 28.5 Å². The van der Waals surface area contributed by atoms with E-state index in [9.17, 15) is 5.26 Å². The summed E-state index contributed by atoms with van der Waals surface area (Å²) in [6, 6.07) is 14.1. The Morgan fingerprint density at radius 3 is 1.92 bits per heavy atom. The van der Waals surface area contributed by atoms with Gasteiger partial charge in [0.1, 0.15) is 6.07 Å². The minimum atomic E-state index is 0.391. The van der Waals surface area contributed by atoms with E-state index in [0.29, 0.717) is 36.9 Å². The average molecular weight is 394 g/mol. The molecule has 2 nitrogen and oxygen atoms in total. The molecule has 6 heteroatoms. The molecule has 0 aliphatic heterocycles. The Morgan fingerprint density at radius 1 is 0.792 bits per heavy atom. The van der Waals surface area contributed by atoms with E-state index in [2.05, 4.69) is 11.1 Å². The Hall–Kier alpha value is -1.76. The van der Waals surface area contributed by atoms with Crippen LogP contribution in [0.1, 0.15) is 5.56 Å². The lowest BCUT2D eigenvalue weighted by atomic mass is 10.0. The molecule has 3 aromatic rings. The summed E-state index contributed by atoms with van der Waals surface area (Å²) < 4.78 is 0. The van der Waals surface area contributed by atoms with Crippen molar-refractivity contribution < 1.29 is 0 Å². The molecule has 0 saturated carbocycles. The van der Waals surface area contributed by atoms with Gasteiger partial charge in [-0.15, -0.1) is 0 Å². The molecule has 0 fully saturated rings. The quantitative estimate of drug-likeness (QED) is 0.474. The van der Waals surface area contributed by atoms with E-state index in [1.165, 1.54) is 0 Å². The Balaban J connectivity index is 2.14. The molecule has 0 radical (unpaired) electrons. The lowest BCUT2D eigenvalue weighted by Gasteiger charge is -2.10. The maximum Gasteiger partial charge on any atom is 0.101 e. The normalized spacial score (nSPS) is 10.5. The largest absolute Gasteiger partial charge is 0.254 e. The van der Waals surface area contributed by atoms with Crippen LogP contribution in [-0.2, 0) is 0 Å². The van der Waals surface area contributed by atoms with E-state index in [0.717, 1.165) is 11.1 Å². The number of hydrogen-bond donors (Lipinski definition) is 0. The fraction of sp³-hybridized carbons (Fsp3) is 0. The zero-order valence-corrected chi connectivity index (χ0v) is 15.0. The fourth-order valence-electron chi connectivity index (χ4n) is 2.32. The van der Waals surface area contributed by atoms with Crippen molar-refractivity contribution in [1.29, 1.82) is 5.26 Å². The third-order valence-electron chi connectivity index (χ3n) is 3.44. The summed E-state index contributed by atoms with van der Waals surface area (Å²) in [6.07, 6.45) is 1.65. The second kappa shape index (κ2) is 7.01. The van der Waals surface area contributed by atoms with E-state index in [-0.39, 0.29) is 0 Å². The Kier molecular flexibility index (Phi) is 4.99. The van der Waals surface area contributed by atoms with Gasteiger partial charge in [0.15, 0.2) is 0 Å². The summed E-state index contributed by atoms with van der Waals surface area (Å²) in [6.45, 7) is 0. The van der Waals surface area contributed by atoms with Crippen LogP contribution in [0.25, 0.3) is 22.4 Å². The van der Waals surface area contributed by atoms with Gasteiger partial charge in [-0.25, -0.2) is 0 Å². The van der Waals surface area contributed by atoms with Crippen molar-refractivity contribution in [2.45, 2.75) is 0 Å². The van der Waals surface area contributed by atoms with Crippen molar-refractivity contribution in [2.75, 3.05) is 0 Å². The number of hydrogen-bond acceptors (Lipinski definition) is 2. The first-order chi connectivity index (χ1) is 11.5. The molecule has 0 amide bonds. The van der Waals surface area contributed by atoms with Crippen LogP contribution in [0.5, 0.6) is 0 Å². The lowest BCUT2D eigenvalue weighted by molar-refractivity contribution is 1.30. The van der Waals surface area contributed by atoms with Crippen molar-refractivity contribution in [1.82, 2.24) is 4.98 Å². The topological polar surface area (TPSA) is 36.7 Å². The van der Waals surface area contributed by atoms with E-state index in [1.807, 2.05) is 0 Å². The average Bonchev–Trinajstić information content (AvgIpc) is 2.55. The number of benzene rings is 2. The first-order valence-corrected chi connectivity index (χ1v) is 8.32. The standard InChI is InChI=1S/C18H8Cl4N2/c19-12-1-3-14(16(21)6-12)11-5-10(8-23)18(24-9-11)15-4-2-13(20)7-17(15)22/h1-7,9H. The Labute approximate surface area is 159 Å². The summed E-state index contributed by atoms with van der Waals surface area (Å²) in [5, 5.41) is 11.5. The highest BCUT2D eigenvalue weighted by molar-refractivity contribution is 6.37. The first kappa shape index (κ1) is 17.1. The van der Waals surface area contributed by atoms with Gasteiger partial charge >= 0.3 is 0 Å². The number of nitrogens with zero attached hydrogens (tertiary/aromatic N) is 2. The molecule has 0 spiro atoms. The van der Waals surface area contributed by atoms with Crippen molar-refractivity contribution in [3.05, 3.63) is 74.3 Å². The molecule has 0 unspecified atom stereocenters. The Bertz CT molecular complexity index is 977. The smallest absolute Gasteiger partial charge is 0.101 e. The molecule has 0 aliphatic carbocycles. The van der Waals surface area contributed by atoms with Gasteiger partial charge in [0.25, 0.3) is 0 Å². The van der Waals surface area contributed by atoms with E-state index in [1.54, 1.807) is 48.7 Å². The predicted molar refractivity (Wildman–Crippen MR) is 99.9 cm³/mol. The lowest BCUT2D eigenvalue weighted by Crippen LogP contribution is -1.92. The third-order valence-corrected chi connectivity index (χ3v) is 4.53. The molecule has 0 atom stereocenters. The maximum atomic E-state index is 9.50. The summed E-state index contributed by atoms with van der Waals surface area (Å²) in [7, 11) is 0. The molecule has 2 aromatic carbocycles. The van der Waals surface area contributed by atoms with Crippen molar-refractivity contribution in [3.63, 3.8) is 0 Å². The van der Waals surface area contributed by atoms with Crippen LogP contribution < -0.4 is 0 Å². The molecule has 1 heterocycles. The number of rotatable bonds is 2. The van der Waals surface area contributed by atoms with Crippen LogP contribution in [-0.4, -0.2) is 4.98 Å². The van der Waals surface area contributed by atoms with Crippen LogP contribution in [0.4, 0.5) is 0 Å². The zero-order chi connectivity index (χ0) is 17.3. The fourth-order valence-corrected chi connectivity index (χ4v) is 3.33. The molecular formula is C18H8Cl4N2. The summed E-state index contributed by atoms with van der Waals surface area (Å²) in [5.74, 6) is 0. The monoisotopic (exact) mass is 392 g/mol. The van der Waals surface area contributed by atoms with E-state index >= 15 is 0 Å². The van der Waals surface area contributed by atoms with E-state index in [4.69, 9.17) is 46.4 Å². The molecule has 1 aromatic heterocycles. The Morgan fingerprint density at radius 2 is 1.38 bits per heavy atom. The highest BCUT2D eigenvalue weighted by atomic mass is 35.5. The minimum absolute atomic E-state index is 0.391. The highest BCUT2D eigenvalue weighted by Gasteiger charge is 2.13. The minimum Gasteiger partial charge on any atom is -0.254 e. The highest BCUT2D eigenvalue weighted by Crippen LogP contribution is 2.35. The van der Waals surface area contributed by atoms with Gasteiger partial charge in [0.05, 0.1) is 16.3 Å². The predicted octanol–water partition coefficient (Wildman–Crippen LogP) is 6.90. The maximum absolute atomic E-state index is 9.50. The summed E-state index contributed by atoms with van der Waals surface area (Å²) >= 11 is 24.3. The van der Waals surface area contributed by atoms with Crippen molar-refractivity contribution >= 4 is 46.4 Å². The molecular weight excluding hydrogens is 386 g/mol. The van der Waals surface area contributed by atoms with Gasteiger partial charge < -0.3 is 0 Å². The van der Waals surface area contributed by atoms with Gasteiger partial charge in [-0.3, -0.25) is 4.98 Å². The second-order valence-corrected chi connectivity index (χ2v) is 6.67. The van der Waals surface area contributed by atoms with Gasteiger partial charge in [-0.1, -0.05) is 52.5 Å². The van der Waals surface area contributed by atoms with Crippen molar-refractivity contribution in [2.24, 2.45) is 0 Å². The van der Waals surface area contributed by atoms with Gasteiger partial charge in [0, 0.05) is 38.0 Å². The molecule has 3 rings (SSSR count). The molecule has 0 N–H and O–H groups in total. The number of pyridine rings is 1. The van der Waals surface area contributed by atoms with Crippen LogP contribution in [0.2, 0.25) is 20.1 Å². The van der Waals surface area contributed by atoms with Gasteiger partial charge in [-0.05, 0) is 36.4 Å². The van der Waals surface area contributed by atoms with Crippen LogP contribution >= 0.6 is 46.4 Å². The molecule has 0 bridgehead atoms. The number of nitriles is 1. The van der Waals surface area contributed by atoms with Crippen LogP contribution in [0.15, 0.2) is 48.7 Å². The summed E-state index contributed by atoms with van der Waals surface area (Å²) in [5.41, 5.74) is 3.00. The first-order valence-electron chi connectivity index (χ1n) is 6.80. The number of halogens is 4. The molecule has 0 saturated heterocycles. The van der Waals surface area contributed by atoms with Crippen LogP contribution in [0, 0.1) is 11.3 Å². The molecule has 0 aliphatic rings. The zero-order valence-electron chi connectivity index (χ0n) is 12.0. The van der Waals surface area contributed by atoms with E-state index < -0.39 is 0 Å². The number of aromatic nitrogens is 1. The second-order valence-electron chi connectivity index (χ2n) is 4.98. The van der Waals surface area contributed by atoms with Gasteiger partial charge in [-0.2, -0.15) is 5.26 Å². The SMILES string of the molecule is N#Cc1cc(-c2ccc(Cl)cc2Cl)cnc1-c1ccc(Cl)cc1Cl. The molecule has 24 heavy (non-hydrogen) atoms. The van der Waals surface area contributed by atoms with Gasteiger partial charge in [0.2, 0.25) is 0 Å². The third kappa shape index (κ3) is 3.36. The molecule has 118 valence electrons. The van der Waals surface area contributed by atoms with Crippen LogP contribution in [0.3, 0.4) is 0 Å². The summed E-state index contributed by atoms with van der Waals surface area (Å²) in [4.78, 5) is 4.41.